The zero-order valence-electron chi connectivity index (χ0n) is 16.6. The standard InChI is InChI=1S/C24H25NO4/c1-17-13-24(27)29-22-15-20(7-8-21(17)22)28-16-23(26)25-11-9-19(10-12-25)14-18-5-3-2-4-6-18/h2-8,13,15,19H,9-12,14,16H2,1H3. The van der Waals surface area contributed by atoms with Gasteiger partial charge < -0.3 is 14.1 Å². The van der Waals surface area contributed by atoms with Crippen molar-refractivity contribution in [1.29, 1.82) is 0 Å². The molecular weight excluding hydrogens is 366 g/mol. The molecule has 150 valence electrons. The molecule has 1 saturated heterocycles. The number of carbonyl (C=O) groups excluding carboxylic acids is 1. The first kappa shape index (κ1) is 19.2. The van der Waals surface area contributed by atoms with Crippen LogP contribution in [0.4, 0.5) is 0 Å². The van der Waals surface area contributed by atoms with Gasteiger partial charge in [0.2, 0.25) is 0 Å². The summed E-state index contributed by atoms with van der Waals surface area (Å²) >= 11 is 0. The van der Waals surface area contributed by atoms with Crippen LogP contribution in [-0.2, 0) is 11.2 Å². The lowest BCUT2D eigenvalue weighted by Gasteiger charge is -2.32. The second-order valence-electron chi connectivity index (χ2n) is 7.71. The van der Waals surface area contributed by atoms with Crippen molar-refractivity contribution in [2.24, 2.45) is 5.92 Å². The summed E-state index contributed by atoms with van der Waals surface area (Å²) in [7, 11) is 0. The highest BCUT2D eigenvalue weighted by Crippen LogP contribution is 2.24. The van der Waals surface area contributed by atoms with Crippen LogP contribution in [0, 0.1) is 12.8 Å². The Labute approximate surface area is 169 Å². The molecule has 0 bridgehead atoms. The summed E-state index contributed by atoms with van der Waals surface area (Å²) in [5.41, 5.74) is 2.30. The van der Waals surface area contributed by atoms with E-state index in [2.05, 4.69) is 24.3 Å². The summed E-state index contributed by atoms with van der Waals surface area (Å²) in [6.45, 7) is 3.40. The van der Waals surface area contributed by atoms with Crippen molar-refractivity contribution in [3.05, 3.63) is 76.1 Å². The second kappa shape index (κ2) is 8.52. The number of carbonyl (C=O) groups is 1. The van der Waals surface area contributed by atoms with Gasteiger partial charge in [-0.2, -0.15) is 0 Å². The average Bonchev–Trinajstić information content (AvgIpc) is 2.73. The Balaban J connectivity index is 1.30. The predicted molar refractivity (Wildman–Crippen MR) is 112 cm³/mol. The molecule has 0 aliphatic carbocycles. The van der Waals surface area contributed by atoms with E-state index in [9.17, 15) is 9.59 Å². The molecule has 29 heavy (non-hydrogen) atoms. The summed E-state index contributed by atoms with van der Waals surface area (Å²) < 4.78 is 10.9. The number of fused-ring (bicyclic) bond motifs is 1. The van der Waals surface area contributed by atoms with E-state index in [0.29, 0.717) is 17.3 Å². The van der Waals surface area contributed by atoms with Crippen LogP contribution in [0.25, 0.3) is 11.0 Å². The number of benzene rings is 2. The first-order valence-corrected chi connectivity index (χ1v) is 10.1. The third-order valence-corrected chi connectivity index (χ3v) is 5.62. The number of rotatable bonds is 5. The van der Waals surface area contributed by atoms with Gasteiger partial charge in [0.25, 0.3) is 5.91 Å². The maximum atomic E-state index is 12.5. The van der Waals surface area contributed by atoms with Crippen LogP contribution >= 0.6 is 0 Å². The van der Waals surface area contributed by atoms with Gasteiger partial charge in [-0.05, 0) is 55.4 Å². The largest absolute Gasteiger partial charge is 0.484 e. The highest BCUT2D eigenvalue weighted by Gasteiger charge is 2.23. The van der Waals surface area contributed by atoms with Gasteiger partial charge in [-0.1, -0.05) is 30.3 Å². The van der Waals surface area contributed by atoms with Crippen LogP contribution in [0.3, 0.4) is 0 Å². The Hall–Kier alpha value is -3.08. The van der Waals surface area contributed by atoms with Crippen LogP contribution in [0.2, 0.25) is 0 Å². The molecule has 1 aliphatic rings. The normalized spacial score (nSPS) is 14.9. The lowest BCUT2D eigenvalue weighted by molar-refractivity contribution is -0.134. The number of nitrogens with zero attached hydrogens (tertiary/aromatic N) is 1. The molecule has 1 amide bonds. The van der Waals surface area contributed by atoms with E-state index < -0.39 is 0 Å². The van der Waals surface area contributed by atoms with Gasteiger partial charge in [0.05, 0.1) is 0 Å². The third-order valence-electron chi connectivity index (χ3n) is 5.62. The number of ether oxygens (including phenoxy) is 1. The number of likely N-dealkylation sites (tertiary alicyclic amines) is 1. The van der Waals surface area contributed by atoms with Crippen LogP contribution in [0.1, 0.15) is 24.0 Å². The highest BCUT2D eigenvalue weighted by molar-refractivity contribution is 5.81. The lowest BCUT2D eigenvalue weighted by atomic mass is 9.90. The molecule has 0 N–H and O–H groups in total. The molecule has 0 radical (unpaired) electrons. The summed E-state index contributed by atoms with van der Waals surface area (Å²) in [6, 6.07) is 17.3. The number of amides is 1. The van der Waals surface area contributed by atoms with Crippen molar-refractivity contribution < 1.29 is 13.9 Å². The fourth-order valence-electron chi connectivity index (χ4n) is 3.97. The molecule has 5 heteroatoms. The van der Waals surface area contributed by atoms with Crippen molar-refractivity contribution in [3.63, 3.8) is 0 Å². The fourth-order valence-corrected chi connectivity index (χ4v) is 3.97. The molecule has 0 spiro atoms. The minimum Gasteiger partial charge on any atom is -0.484 e. The van der Waals surface area contributed by atoms with Crippen molar-refractivity contribution in [2.75, 3.05) is 19.7 Å². The molecule has 3 aromatic rings. The Morgan fingerprint density at radius 3 is 2.62 bits per heavy atom. The first-order valence-electron chi connectivity index (χ1n) is 10.1. The lowest BCUT2D eigenvalue weighted by Crippen LogP contribution is -2.41. The molecule has 5 nitrogen and oxygen atoms in total. The van der Waals surface area contributed by atoms with E-state index in [1.807, 2.05) is 24.0 Å². The van der Waals surface area contributed by atoms with Gasteiger partial charge in [0.15, 0.2) is 6.61 Å². The third kappa shape index (κ3) is 4.67. The van der Waals surface area contributed by atoms with Gasteiger partial charge in [0.1, 0.15) is 11.3 Å². The van der Waals surface area contributed by atoms with E-state index >= 15 is 0 Å². The van der Waals surface area contributed by atoms with E-state index in [1.54, 1.807) is 12.1 Å². The molecule has 1 fully saturated rings. The molecular formula is C24H25NO4. The summed E-state index contributed by atoms with van der Waals surface area (Å²) in [5, 5.41) is 0.865. The summed E-state index contributed by atoms with van der Waals surface area (Å²) in [6.07, 6.45) is 3.10. The van der Waals surface area contributed by atoms with E-state index in [-0.39, 0.29) is 18.1 Å². The van der Waals surface area contributed by atoms with Gasteiger partial charge >= 0.3 is 5.63 Å². The van der Waals surface area contributed by atoms with Crippen molar-refractivity contribution in [2.45, 2.75) is 26.2 Å². The van der Waals surface area contributed by atoms with Gasteiger partial charge in [-0.15, -0.1) is 0 Å². The predicted octanol–water partition coefficient (Wildman–Crippen LogP) is 3.96. The number of hydrogen-bond acceptors (Lipinski definition) is 4. The topological polar surface area (TPSA) is 59.8 Å². The molecule has 0 unspecified atom stereocenters. The Morgan fingerprint density at radius 1 is 1.10 bits per heavy atom. The molecule has 0 saturated carbocycles. The van der Waals surface area contributed by atoms with Gasteiger partial charge in [-0.25, -0.2) is 4.79 Å². The van der Waals surface area contributed by atoms with Gasteiger partial charge in [-0.3, -0.25) is 4.79 Å². The summed E-state index contributed by atoms with van der Waals surface area (Å²) in [5.74, 6) is 1.14. The molecule has 0 atom stereocenters. The minimum atomic E-state index is -0.387. The second-order valence-corrected chi connectivity index (χ2v) is 7.71. The van der Waals surface area contributed by atoms with E-state index in [1.165, 1.54) is 11.6 Å². The van der Waals surface area contributed by atoms with Crippen molar-refractivity contribution in [3.8, 4) is 5.75 Å². The summed E-state index contributed by atoms with van der Waals surface area (Å²) in [4.78, 5) is 26.0. The molecule has 1 aliphatic heterocycles. The zero-order valence-corrected chi connectivity index (χ0v) is 16.6. The highest BCUT2D eigenvalue weighted by atomic mass is 16.5. The Kier molecular flexibility index (Phi) is 5.65. The molecule has 4 rings (SSSR count). The number of aryl methyl sites for hydroxylation is 1. The first-order chi connectivity index (χ1) is 14.1. The maximum Gasteiger partial charge on any atom is 0.336 e. The molecule has 1 aromatic heterocycles. The molecule has 2 aromatic carbocycles. The quantitative estimate of drug-likeness (QED) is 0.618. The number of hydrogen-bond donors (Lipinski definition) is 0. The SMILES string of the molecule is Cc1cc(=O)oc2cc(OCC(=O)N3CCC(Cc4ccccc4)CC3)ccc12. The van der Waals surface area contributed by atoms with Crippen molar-refractivity contribution in [1.82, 2.24) is 4.90 Å². The van der Waals surface area contributed by atoms with Crippen LogP contribution in [0.15, 0.2) is 63.8 Å². The number of piperidine rings is 1. The van der Waals surface area contributed by atoms with Crippen LogP contribution in [0.5, 0.6) is 5.75 Å². The maximum absolute atomic E-state index is 12.5. The zero-order chi connectivity index (χ0) is 20.2. The van der Waals surface area contributed by atoms with Crippen molar-refractivity contribution >= 4 is 16.9 Å². The molecule has 2 heterocycles. The van der Waals surface area contributed by atoms with Gasteiger partial charge in [0, 0.05) is 30.6 Å². The smallest absolute Gasteiger partial charge is 0.336 e. The Morgan fingerprint density at radius 2 is 1.86 bits per heavy atom. The van der Waals surface area contributed by atoms with E-state index in [4.69, 9.17) is 9.15 Å². The van der Waals surface area contributed by atoms with Crippen LogP contribution < -0.4 is 10.4 Å². The van der Waals surface area contributed by atoms with E-state index in [0.717, 1.165) is 43.3 Å². The van der Waals surface area contributed by atoms with Crippen LogP contribution in [-0.4, -0.2) is 30.5 Å². The average molecular weight is 391 g/mol. The monoisotopic (exact) mass is 391 g/mol. The fraction of sp³-hybridized carbons (Fsp3) is 0.333. The minimum absolute atomic E-state index is 0.00560. The Bertz CT molecular complexity index is 1050.